The van der Waals surface area contributed by atoms with Gasteiger partial charge in [0.15, 0.2) is 0 Å². The van der Waals surface area contributed by atoms with Crippen molar-refractivity contribution < 1.29 is 24.6 Å². The van der Waals surface area contributed by atoms with Gasteiger partial charge in [-0.3, -0.25) is 9.74 Å². The van der Waals surface area contributed by atoms with Gasteiger partial charge >= 0.3 is 12.1 Å². The number of carboxylic acids is 1. The van der Waals surface area contributed by atoms with Crippen LogP contribution in [0.1, 0.15) is 13.3 Å². The first kappa shape index (κ1) is 10.7. The second-order valence-electron chi connectivity index (χ2n) is 3.43. The average molecular weight is 204 g/mol. The second kappa shape index (κ2) is 3.43. The van der Waals surface area contributed by atoms with Crippen molar-refractivity contribution in [3.8, 4) is 0 Å². The van der Waals surface area contributed by atoms with Crippen molar-refractivity contribution in [2.75, 3.05) is 6.54 Å². The minimum Gasteiger partial charge on any atom is -0.480 e. The fourth-order valence-corrected chi connectivity index (χ4v) is 1.61. The molecule has 1 aliphatic rings. The molecule has 0 aromatic heterocycles. The van der Waals surface area contributed by atoms with Gasteiger partial charge in [0.2, 0.25) is 0 Å². The number of carboxylic acid groups (broad SMARTS) is 2. The standard InChI is InChI=1S/C7H12N2O5/c1-7(5(10)11)2-4(14-8)3-9(7)6(12)13/h4H,2-3,8H2,1H3,(H,10,11)(H,12,13). The minimum atomic E-state index is -1.45. The molecule has 0 radical (unpaired) electrons. The van der Waals surface area contributed by atoms with E-state index < -0.39 is 23.7 Å². The molecule has 1 fully saturated rings. The number of nitrogens with zero attached hydrogens (tertiary/aromatic N) is 1. The van der Waals surface area contributed by atoms with E-state index in [1.165, 1.54) is 6.92 Å². The summed E-state index contributed by atoms with van der Waals surface area (Å²) >= 11 is 0. The maximum atomic E-state index is 10.9. The van der Waals surface area contributed by atoms with Crippen molar-refractivity contribution in [3.63, 3.8) is 0 Å². The first-order chi connectivity index (χ1) is 6.41. The molecular formula is C7H12N2O5. The smallest absolute Gasteiger partial charge is 0.408 e. The number of hydrogen-bond acceptors (Lipinski definition) is 4. The molecule has 0 aromatic carbocycles. The zero-order valence-corrected chi connectivity index (χ0v) is 7.64. The lowest BCUT2D eigenvalue weighted by Crippen LogP contribution is -2.50. The van der Waals surface area contributed by atoms with Gasteiger partial charge in [-0.25, -0.2) is 15.5 Å². The normalized spacial score (nSPS) is 31.9. The second-order valence-corrected chi connectivity index (χ2v) is 3.43. The Morgan fingerprint density at radius 3 is 2.43 bits per heavy atom. The SMILES string of the molecule is CC1(C(=O)O)CC(ON)CN1C(=O)O. The van der Waals surface area contributed by atoms with E-state index in [0.29, 0.717) is 0 Å². The molecule has 1 amide bonds. The van der Waals surface area contributed by atoms with Crippen molar-refractivity contribution >= 4 is 12.1 Å². The first-order valence-corrected chi connectivity index (χ1v) is 4.01. The minimum absolute atomic E-state index is 0.0192. The van der Waals surface area contributed by atoms with Gasteiger partial charge in [-0.15, -0.1) is 0 Å². The Balaban J connectivity index is 2.92. The van der Waals surface area contributed by atoms with E-state index in [1.807, 2.05) is 0 Å². The monoisotopic (exact) mass is 204 g/mol. The Morgan fingerprint density at radius 1 is 1.57 bits per heavy atom. The number of likely N-dealkylation sites (tertiary alicyclic amines) is 1. The van der Waals surface area contributed by atoms with Gasteiger partial charge in [0.1, 0.15) is 5.54 Å². The molecule has 0 saturated carbocycles. The molecule has 7 heteroatoms. The molecule has 0 aromatic rings. The van der Waals surface area contributed by atoms with Gasteiger partial charge in [0, 0.05) is 6.42 Å². The van der Waals surface area contributed by atoms with Crippen LogP contribution in [-0.2, 0) is 9.63 Å². The predicted octanol–water partition coefficient (Wildman–Crippen LogP) is -0.528. The molecular weight excluding hydrogens is 192 g/mol. The van der Waals surface area contributed by atoms with Crippen LogP contribution in [0.5, 0.6) is 0 Å². The van der Waals surface area contributed by atoms with Crippen LogP contribution in [0.15, 0.2) is 0 Å². The topological polar surface area (TPSA) is 113 Å². The summed E-state index contributed by atoms with van der Waals surface area (Å²) in [4.78, 5) is 26.9. The Morgan fingerprint density at radius 2 is 2.14 bits per heavy atom. The third-order valence-electron chi connectivity index (χ3n) is 2.49. The van der Waals surface area contributed by atoms with Crippen LogP contribution in [0, 0.1) is 0 Å². The van der Waals surface area contributed by atoms with Crippen LogP contribution >= 0.6 is 0 Å². The van der Waals surface area contributed by atoms with E-state index in [9.17, 15) is 9.59 Å². The molecule has 1 rings (SSSR count). The third kappa shape index (κ3) is 1.51. The fraction of sp³-hybridized carbons (Fsp3) is 0.714. The molecule has 1 aliphatic heterocycles. The molecule has 2 atom stereocenters. The summed E-state index contributed by atoms with van der Waals surface area (Å²) in [6.07, 6.45) is -1.79. The van der Waals surface area contributed by atoms with E-state index in [2.05, 4.69) is 4.84 Å². The third-order valence-corrected chi connectivity index (χ3v) is 2.49. The van der Waals surface area contributed by atoms with E-state index in [4.69, 9.17) is 16.1 Å². The summed E-state index contributed by atoms with van der Waals surface area (Å²) in [5.74, 6) is 3.71. The van der Waals surface area contributed by atoms with Crippen molar-refractivity contribution in [2.45, 2.75) is 25.0 Å². The lowest BCUT2D eigenvalue weighted by Gasteiger charge is -2.27. The van der Waals surface area contributed by atoms with Crippen molar-refractivity contribution in [2.24, 2.45) is 5.90 Å². The zero-order valence-electron chi connectivity index (χ0n) is 7.64. The van der Waals surface area contributed by atoms with E-state index in [-0.39, 0.29) is 13.0 Å². The molecule has 0 aliphatic carbocycles. The Hall–Kier alpha value is -1.34. The first-order valence-electron chi connectivity index (χ1n) is 4.01. The van der Waals surface area contributed by atoms with Crippen LogP contribution in [0.2, 0.25) is 0 Å². The lowest BCUT2D eigenvalue weighted by atomic mass is 9.99. The van der Waals surface area contributed by atoms with Gasteiger partial charge in [-0.05, 0) is 6.92 Å². The molecule has 1 saturated heterocycles. The van der Waals surface area contributed by atoms with Crippen LogP contribution in [-0.4, -0.2) is 45.4 Å². The van der Waals surface area contributed by atoms with Gasteiger partial charge in [-0.1, -0.05) is 0 Å². The molecule has 14 heavy (non-hydrogen) atoms. The Labute approximate surface area is 80.0 Å². The van der Waals surface area contributed by atoms with Crippen LogP contribution in [0.25, 0.3) is 0 Å². The highest BCUT2D eigenvalue weighted by molar-refractivity contribution is 5.84. The Kier molecular flexibility index (Phi) is 2.63. The summed E-state index contributed by atoms with van der Waals surface area (Å²) in [7, 11) is 0. The molecule has 0 spiro atoms. The quantitative estimate of drug-likeness (QED) is 0.521. The van der Waals surface area contributed by atoms with Crippen molar-refractivity contribution in [3.05, 3.63) is 0 Å². The van der Waals surface area contributed by atoms with Crippen LogP contribution in [0.4, 0.5) is 4.79 Å². The number of aliphatic carboxylic acids is 1. The highest BCUT2D eigenvalue weighted by Crippen LogP contribution is 2.30. The lowest BCUT2D eigenvalue weighted by molar-refractivity contribution is -0.147. The summed E-state index contributed by atoms with van der Waals surface area (Å²) in [5, 5.41) is 17.7. The molecule has 2 unspecified atom stereocenters. The van der Waals surface area contributed by atoms with E-state index in [1.54, 1.807) is 0 Å². The van der Waals surface area contributed by atoms with E-state index in [0.717, 1.165) is 4.90 Å². The average Bonchev–Trinajstić information content (AvgIpc) is 2.44. The van der Waals surface area contributed by atoms with Gasteiger partial charge < -0.3 is 10.2 Å². The van der Waals surface area contributed by atoms with Gasteiger partial charge in [0.25, 0.3) is 0 Å². The number of amides is 1. The number of nitrogens with two attached hydrogens (primary N) is 1. The highest BCUT2D eigenvalue weighted by atomic mass is 16.6. The van der Waals surface area contributed by atoms with Crippen LogP contribution < -0.4 is 5.90 Å². The highest BCUT2D eigenvalue weighted by Gasteiger charge is 2.50. The largest absolute Gasteiger partial charge is 0.480 e. The van der Waals surface area contributed by atoms with Gasteiger partial charge in [-0.2, -0.15) is 0 Å². The molecule has 0 bridgehead atoms. The predicted molar refractivity (Wildman–Crippen MR) is 44.4 cm³/mol. The summed E-state index contributed by atoms with van der Waals surface area (Å²) in [6, 6.07) is 0. The molecule has 7 nitrogen and oxygen atoms in total. The zero-order chi connectivity index (χ0) is 10.9. The van der Waals surface area contributed by atoms with E-state index >= 15 is 0 Å². The summed E-state index contributed by atoms with van der Waals surface area (Å²) in [5.41, 5.74) is -1.45. The molecule has 4 N–H and O–H groups in total. The number of carbonyl (C=O) groups is 2. The van der Waals surface area contributed by atoms with Crippen LogP contribution in [0.3, 0.4) is 0 Å². The molecule has 80 valence electrons. The van der Waals surface area contributed by atoms with Crippen molar-refractivity contribution in [1.29, 1.82) is 0 Å². The fourth-order valence-electron chi connectivity index (χ4n) is 1.61. The number of rotatable bonds is 2. The Bertz CT molecular complexity index is 269. The van der Waals surface area contributed by atoms with Crippen molar-refractivity contribution in [1.82, 2.24) is 4.90 Å². The summed E-state index contributed by atoms with van der Waals surface area (Å²) in [6.45, 7) is 1.32. The maximum Gasteiger partial charge on any atom is 0.408 e. The summed E-state index contributed by atoms with van der Waals surface area (Å²) < 4.78 is 0. The molecule has 1 heterocycles. The maximum absolute atomic E-state index is 10.9. The number of hydrogen-bond donors (Lipinski definition) is 3. The van der Waals surface area contributed by atoms with Gasteiger partial charge in [0.05, 0.1) is 12.6 Å².